The average molecular weight is 1110 g/mol. The first-order valence-electron chi connectivity index (χ1n) is 31.9. The summed E-state index contributed by atoms with van der Waals surface area (Å²) >= 11 is 0. The van der Waals surface area contributed by atoms with Gasteiger partial charge in [0.15, 0.2) is 6.10 Å². The molecule has 0 rings (SSSR count). The predicted octanol–water partition coefficient (Wildman–Crippen LogP) is 19.7. The first kappa shape index (κ1) is 74.9. The van der Waals surface area contributed by atoms with Gasteiger partial charge in [-0.05, 0) is 83.5 Å². The summed E-state index contributed by atoms with van der Waals surface area (Å²) < 4.78 is 34.1. The number of esters is 2. The lowest BCUT2D eigenvalue weighted by Crippen LogP contribution is -2.37. The van der Waals surface area contributed by atoms with E-state index in [1.807, 2.05) is 33.3 Å². The van der Waals surface area contributed by atoms with E-state index in [9.17, 15) is 19.0 Å². The van der Waals surface area contributed by atoms with E-state index < -0.39 is 32.5 Å². The van der Waals surface area contributed by atoms with Gasteiger partial charge in [0.1, 0.15) is 19.8 Å². The summed E-state index contributed by atoms with van der Waals surface area (Å²) in [6, 6.07) is 0. The van der Waals surface area contributed by atoms with E-state index in [0.717, 1.165) is 64.2 Å². The Morgan fingerprint density at radius 3 is 1.14 bits per heavy atom. The van der Waals surface area contributed by atoms with Crippen molar-refractivity contribution in [3.63, 3.8) is 0 Å². The molecule has 10 heteroatoms. The van der Waals surface area contributed by atoms with Crippen molar-refractivity contribution in [3.8, 4) is 0 Å². The van der Waals surface area contributed by atoms with Crippen LogP contribution in [0.5, 0.6) is 0 Å². The van der Waals surface area contributed by atoms with E-state index >= 15 is 0 Å². The first-order chi connectivity index (χ1) is 38.0. The molecule has 0 amide bonds. The van der Waals surface area contributed by atoms with Gasteiger partial charge in [-0.15, -0.1) is 0 Å². The van der Waals surface area contributed by atoms with Gasteiger partial charge in [0.05, 0.1) is 27.7 Å². The minimum absolute atomic E-state index is 0.0477. The molecule has 0 heterocycles. The minimum Gasteiger partial charge on any atom is -0.756 e. The lowest BCUT2D eigenvalue weighted by atomic mass is 10.0. The largest absolute Gasteiger partial charge is 0.756 e. The van der Waals surface area contributed by atoms with Crippen LogP contribution < -0.4 is 4.89 Å². The lowest BCUT2D eigenvalue weighted by molar-refractivity contribution is -0.870. The molecule has 78 heavy (non-hydrogen) atoms. The molecule has 0 bridgehead atoms. The number of carbonyl (C=O) groups is 2. The smallest absolute Gasteiger partial charge is 0.306 e. The van der Waals surface area contributed by atoms with Crippen LogP contribution in [-0.4, -0.2) is 70.0 Å². The normalized spacial score (nSPS) is 13.9. The van der Waals surface area contributed by atoms with Crippen LogP contribution in [0.25, 0.3) is 0 Å². The Hall–Kier alpha value is -3.07. The summed E-state index contributed by atoms with van der Waals surface area (Å²) in [6.45, 7) is 4.04. The quantitative estimate of drug-likeness (QED) is 0.0195. The third-order valence-corrected chi connectivity index (χ3v) is 14.6. The second-order valence-corrected chi connectivity index (χ2v) is 23.8. The minimum atomic E-state index is -4.66. The van der Waals surface area contributed by atoms with E-state index in [4.69, 9.17) is 18.5 Å². The number of allylic oxidation sites excluding steroid dienone is 16. The predicted molar refractivity (Wildman–Crippen MR) is 332 cm³/mol. The zero-order valence-electron chi connectivity index (χ0n) is 51.1. The molecule has 0 saturated heterocycles. The molecule has 2 atom stereocenters. The van der Waals surface area contributed by atoms with Gasteiger partial charge in [-0.3, -0.25) is 14.2 Å². The van der Waals surface area contributed by atoms with Gasteiger partial charge < -0.3 is 27.9 Å². The number of rotatable bonds is 58. The van der Waals surface area contributed by atoms with E-state index in [1.165, 1.54) is 173 Å². The van der Waals surface area contributed by atoms with E-state index in [-0.39, 0.29) is 26.1 Å². The standard InChI is InChI=1S/C68H120NO8P/c1-6-8-10-12-14-16-18-20-22-24-26-27-28-29-30-31-32-33-34-35-36-37-38-39-40-41-43-44-46-48-50-52-54-56-58-60-67(70)74-64-66(65-76-78(72,73)75-63-62-69(3,4)5)77-68(71)61-59-57-55-53-51-49-47-45-42-25-23-21-19-17-15-13-11-9-7-2/h9,11,15,17-18,20-21,23-24,26,42,45,49,51,55,57,66H,6-8,10,12-14,16,19,22,25,27-41,43-44,46-48,50,52-54,56,58-65H2,1-5H3/b11-9-,17-15-,20-18-,23-21-,26-24-,45-42-,51-49-,57-55-. The second kappa shape index (κ2) is 58.6. The first-order valence-corrected chi connectivity index (χ1v) is 33.4. The number of unbranched alkanes of at least 4 members (excludes halogenated alkanes) is 28. The third kappa shape index (κ3) is 62.1. The zero-order chi connectivity index (χ0) is 57.0. The molecule has 0 spiro atoms. The molecular weight excluding hydrogens is 990 g/mol. The summed E-state index contributed by atoms with van der Waals surface area (Å²) in [6.07, 6.45) is 80.8. The van der Waals surface area contributed by atoms with Gasteiger partial charge in [0.2, 0.25) is 0 Å². The topological polar surface area (TPSA) is 111 Å². The molecule has 0 radical (unpaired) electrons. The Balaban J connectivity index is 4.05. The number of phosphoric ester groups is 1. The van der Waals surface area contributed by atoms with Crippen LogP contribution in [0, 0.1) is 0 Å². The van der Waals surface area contributed by atoms with Crippen LogP contribution in [0.15, 0.2) is 97.2 Å². The van der Waals surface area contributed by atoms with Crippen LogP contribution >= 0.6 is 7.82 Å². The molecule has 0 aromatic rings. The number of quaternary nitrogens is 1. The Bertz CT molecular complexity index is 1640. The van der Waals surface area contributed by atoms with E-state index in [2.05, 4.69) is 98.9 Å². The molecule has 0 saturated carbocycles. The fourth-order valence-corrected chi connectivity index (χ4v) is 9.44. The van der Waals surface area contributed by atoms with Crippen molar-refractivity contribution in [1.82, 2.24) is 0 Å². The fourth-order valence-electron chi connectivity index (χ4n) is 8.71. The molecule has 0 aromatic heterocycles. The highest BCUT2D eigenvalue weighted by Crippen LogP contribution is 2.38. The Morgan fingerprint density at radius 2 is 0.756 bits per heavy atom. The van der Waals surface area contributed by atoms with Crippen molar-refractivity contribution in [3.05, 3.63) is 97.2 Å². The highest BCUT2D eigenvalue weighted by molar-refractivity contribution is 7.45. The fraction of sp³-hybridized carbons (Fsp3) is 0.735. The van der Waals surface area contributed by atoms with Gasteiger partial charge in [0.25, 0.3) is 7.82 Å². The summed E-state index contributed by atoms with van der Waals surface area (Å²) in [5, 5.41) is 0. The maximum Gasteiger partial charge on any atom is 0.306 e. The van der Waals surface area contributed by atoms with Crippen LogP contribution in [0.2, 0.25) is 0 Å². The molecule has 0 aliphatic rings. The van der Waals surface area contributed by atoms with Gasteiger partial charge in [-0.1, -0.05) is 272 Å². The highest BCUT2D eigenvalue weighted by Gasteiger charge is 2.21. The number of hydrogen-bond donors (Lipinski definition) is 0. The molecule has 0 aromatic carbocycles. The second-order valence-electron chi connectivity index (χ2n) is 22.4. The zero-order valence-corrected chi connectivity index (χ0v) is 52.0. The van der Waals surface area contributed by atoms with E-state index in [0.29, 0.717) is 17.4 Å². The molecule has 2 unspecified atom stereocenters. The lowest BCUT2D eigenvalue weighted by Gasteiger charge is -2.28. The van der Waals surface area contributed by atoms with Gasteiger partial charge in [-0.25, -0.2) is 0 Å². The van der Waals surface area contributed by atoms with Gasteiger partial charge in [-0.2, -0.15) is 0 Å². The Labute approximate surface area is 481 Å². The summed E-state index contributed by atoms with van der Waals surface area (Å²) in [5.41, 5.74) is 0. The molecule has 9 nitrogen and oxygen atoms in total. The molecule has 450 valence electrons. The number of nitrogens with zero attached hydrogens (tertiary/aromatic N) is 1. The molecule has 0 aliphatic heterocycles. The van der Waals surface area contributed by atoms with Crippen molar-refractivity contribution in [2.75, 3.05) is 47.5 Å². The molecular formula is C68H120NO8P. The SMILES string of the molecule is CC/C=C\C/C=C\C/C=C\C/C=C\C/C=C\C/C=C\CCC(=O)OC(COC(=O)CCCCCCCCCCCCCCCCCCCCCCCCC/C=C\C/C=C\CCCCCCC)COP(=O)([O-])OCC[N+](C)(C)C. The highest BCUT2D eigenvalue weighted by atomic mass is 31.2. The number of hydrogen-bond acceptors (Lipinski definition) is 8. The average Bonchev–Trinajstić information content (AvgIpc) is 3.41. The Kier molecular flexibility index (Phi) is 56.3. The molecule has 0 fully saturated rings. The van der Waals surface area contributed by atoms with Crippen molar-refractivity contribution in [2.45, 2.75) is 277 Å². The van der Waals surface area contributed by atoms with Crippen LogP contribution in [0.3, 0.4) is 0 Å². The summed E-state index contributed by atoms with van der Waals surface area (Å²) in [5.74, 6) is -0.928. The van der Waals surface area contributed by atoms with Crippen molar-refractivity contribution >= 4 is 19.8 Å². The van der Waals surface area contributed by atoms with Gasteiger partial charge >= 0.3 is 11.9 Å². The number of ether oxygens (including phenoxy) is 2. The van der Waals surface area contributed by atoms with Crippen molar-refractivity contribution in [1.29, 1.82) is 0 Å². The summed E-state index contributed by atoms with van der Waals surface area (Å²) in [7, 11) is 1.12. The number of likely N-dealkylation sites (N-methyl/N-ethyl adjacent to an activating group) is 1. The van der Waals surface area contributed by atoms with Crippen LogP contribution in [0.1, 0.15) is 271 Å². The number of carbonyl (C=O) groups excluding carboxylic acids is 2. The maximum absolute atomic E-state index is 12.8. The molecule has 0 N–H and O–H groups in total. The third-order valence-electron chi connectivity index (χ3n) is 13.6. The van der Waals surface area contributed by atoms with Crippen molar-refractivity contribution < 1.29 is 42.1 Å². The van der Waals surface area contributed by atoms with Crippen molar-refractivity contribution in [2.24, 2.45) is 0 Å². The molecule has 0 aliphatic carbocycles. The Morgan fingerprint density at radius 1 is 0.410 bits per heavy atom. The van der Waals surface area contributed by atoms with Crippen LogP contribution in [0.4, 0.5) is 0 Å². The van der Waals surface area contributed by atoms with Crippen LogP contribution in [-0.2, 0) is 32.7 Å². The van der Waals surface area contributed by atoms with Gasteiger partial charge in [0, 0.05) is 12.8 Å². The number of phosphoric acid groups is 1. The maximum atomic E-state index is 12.8. The monoisotopic (exact) mass is 1110 g/mol. The summed E-state index contributed by atoms with van der Waals surface area (Å²) in [4.78, 5) is 37.9. The van der Waals surface area contributed by atoms with E-state index in [1.54, 1.807) is 0 Å².